The fourth-order valence-electron chi connectivity index (χ4n) is 5.27. The van der Waals surface area contributed by atoms with Crippen molar-refractivity contribution < 1.29 is 9.90 Å². The number of aliphatic hydroxyl groups is 1. The van der Waals surface area contributed by atoms with Crippen LogP contribution in [0.25, 0.3) is 11.0 Å². The smallest absolute Gasteiger partial charge is 0.253 e. The highest BCUT2D eigenvalue weighted by atomic mass is 16.3. The fraction of sp³-hybridized carbons (Fsp3) is 0.444. The number of rotatable bonds is 6. The number of anilines is 1. The molecule has 2 aliphatic heterocycles. The summed E-state index contributed by atoms with van der Waals surface area (Å²) < 4.78 is 0. The SMILES string of the molecule is CN(C[C@]1(O)CCN(c2ccnc3cccnc23)C1)C(=O)c1ccc(CN2CCCCC2)cc1. The van der Waals surface area contributed by atoms with Gasteiger partial charge < -0.3 is 14.9 Å². The van der Waals surface area contributed by atoms with Crippen LogP contribution in [0.3, 0.4) is 0 Å². The minimum absolute atomic E-state index is 0.0626. The number of β-amino-alcohol motifs (C(OH)–C–C–N with tert-alkyl or cyclic N) is 1. The summed E-state index contributed by atoms with van der Waals surface area (Å²) in [4.78, 5) is 28.2. The highest BCUT2D eigenvalue weighted by molar-refractivity contribution is 5.94. The molecule has 2 fully saturated rings. The van der Waals surface area contributed by atoms with E-state index < -0.39 is 5.60 Å². The van der Waals surface area contributed by atoms with Crippen LogP contribution in [-0.4, -0.2) is 76.2 Å². The number of benzene rings is 1. The molecule has 178 valence electrons. The number of piperidine rings is 1. The molecule has 0 bridgehead atoms. The van der Waals surface area contributed by atoms with Crippen LogP contribution in [0.4, 0.5) is 5.69 Å². The van der Waals surface area contributed by atoms with E-state index in [4.69, 9.17) is 0 Å². The quantitative estimate of drug-likeness (QED) is 0.610. The van der Waals surface area contributed by atoms with E-state index in [9.17, 15) is 9.90 Å². The summed E-state index contributed by atoms with van der Waals surface area (Å²) >= 11 is 0. The van der Waals surface area contributed by atoms with Crippen molar-refractivity contribution in [3.63, 3.8) is 0 Å². The zero-order valence-electron chi connectivity index (χ0n) is 19.9. The van der Waals surface area contributed by atoms with Crippen molar-refractivity contribution in [2.75, 3.05) is 44.7 Å². The normalized spacial score (nSPS) is 21.2. The van der Waals surface area contributed by atoms with Crippen LogP contribution in [0.15, 0.2) is 54.9 Å². The van der Waals surface area contributed by atoms with Gasteiger partial charge in [-0.2, -0.15) is 0 Å². The molecule has 0 saturated carbocycles. The third-order valence-corrected chi connectivity index (χ3v) is 7.08. The first-order chi connectivity index (χ1) is 16.5. The Bertz CT molecular complexity index is 1140. The van der Waals surface area contributed by atoms with Crippen LogP contribution in [0, 0.1) is 0 Å². The van der Waals surface area contributed by atoms with Gasteiger partial charge in [-0.3, -0.25) is 19.7 Å². The van der Waals surface area contributed by atoms with Gasteiger partial charge in [0.2, 0.25) is 0 Å². The zero-order chi connectivity index (χ0) is 23.5. The van der Waals surface area contributed by atoms with Crippen LogP contribution >= 0.6 is 0 Å². The average Bonchev–Trinajstić information content (AvgIpc) is 3.25. The van der Waals surface area contributed by atoms with E-state index in [1.165, 1.54) is 24.8 Å². The Labute approximate surface area is 201 Å². The summed E-state index contributed by atoms with van der Waals surface area (Å²) in [5.41, 5.74) is 3.58. The van der Waals surface area contributed by atoms with Crippen LogP contribution in [0.1, 0.15) is 41.6 Å². The van der Waals surface area contributed by atoms with Crippen molar-refractivity contribution >= 4 is 22.6 Å². The molecule has 2 saturated heterocycles. The Morgan fingerprint density at radius 1 is 1.03 bits per heavy atom. The predicted octanol–water partition coefficient (Wildman–Crippen LogP) is 3.33. The van der Waals surface area contributed by atoms with Gasteiger partial charge in [-0.1, -0.05) is 18.6 Å². The van der Waals surface area contributed by atoms with Gasteiger partial charge in [0, 0.05) is 44.6 Å². The lowest BCUT2D eigenvalue weighted by atomic mass is 10.0. The predicted molar refractivity (Wildman–Crippen MR) is 134 cm³/mol. The molecule has 34 heavy (non-hydrogen) atoms. The number of aromatic nitrogens is 2. The Balaban J connectivity index is 1.21. The Hall–Kier alpha value is -3.03. The van der Waals surface area contributed by atoms with Gasteiger partial charge in [0.1, 0.15) is 11.1 Å². The first-order valence-corrected chi connectivity index (χ1v) is 12.2. The maximum absolute atomic E-state index is 13.1. The monoisotopic (exact) mass is 459 g/mol. The maximum atomic E-state index is 13.1. The number of carbonyl (C=O) groups is 1. The second-order valence-electron chi connectivity index (χ2n) is 9.79. The molecule has 0 unspecified atom stereocenters. The molecule has 2 aromatic heterocycles. The molecule has 2 aliphatic rings. The number of amides is 1. The lowest BCUT2D eigenvalue weighted by Gasteiger charge is -2.29. The Kier molecular flexibility index (Phi) is 6.48. The van der Waals surface area contributed by atoms with Gasteiger partial charge in [-0.15, -0.1) is 0 Å². The van der Waals surface area contributed by atoms with Crippen molar-refractivity contribution in [3.05, 3.63) is 66.0 Å². The number of hydrogen-bond donors (Lipinski definition) is 1. The van der Waals surface area contributed by atoms with E-state index >= 15 is 0 Å². The van der Waals surface area contributed by atoms with Crippen LogP contribution in [-0.2, 0) is 6.54 Å². The Morgan fingerprint density at radius 2 is 1.82 bits per heavy atom. The molecule has 3 aromatic rings. The highest BCUT2D eigenvalue weighted by Gasteiger charge is 2.38. The topological polar surface area (TPSA) is 72.8 Å². The van der Waals surface area contributed by atoms with E-state index in [0.29, 0.717) is 25.1 Å². The molecule has 7 heteroatoms. The molecule has 7 nitrogen and oxygen atoms in total. The third-order valence-electron chi connectivity index (χ3n) is 7.08. The molecule has 1 aromatic carbocycles. The van der Waals surface area contributed by atoms with Gasteiger partial charge in [0.15, 0.2) is 0 Å². The first kappa shape index (κ1) is 22.7. The average molecular weight is 460 g/mol. The van der Waals surface area contributed by atoms with Crippen LogP contribution < -0.4 is 4.90 Å². The number of pyridine rings is 2. The number of carbonyl (C=O) groups excluding carboxylic acids is 1. The van der Waals surface area contributed by atoms with Crippen molar-refractivity contribution in [1.82, 2.24) is 19.8 Å². The number of likely N-dealkylation sites (N-methyl/N-ethyl adjacent to an activating group) is 1. The van der Waals surface area contributed by atoms with Gasteiger partial charge in [-0.25, -0.2) is 0 Å². The third kappa shape index (κ3) is 4.91. The molecule has 0 aliphatic carbocycles. The lowest BCUT2D eigenvalue weighted by Crippen LogP contribution is -2.45. The van der Waals surface area contributed by atoms with E-state index in [1.54, 1.807) is 24.3 Å². The van der Waals surface area contributed by atoms with Gasteiger partial charge >= 0.3 is 0 Å². The minimum Gasteiger partial charge on any atom is -0.386 e. The molecular weight excluding hydrogens is 426 g/mol. The summed E-state index contributed by atoms with van der Waals surface area (Å²) in [5, 5.41) is 11.3. The minimum atomic E-state index is -0.969. The van der Waals surface area contributed by atoms with E-state index in [2.05, 4.69) is 31.9 Å². The van der Waals surface area contributed by atoms with Crippen molar-refractivity contribution in [3.8, 4) is 0 Å². The molecule has 1 N–H and O–H groups in total. The number of fused-ring (bicyclic) bond motifs is 1. The van der Waals surface area contributed by atoms with E-state index in [1.807, 2.05) is 30.3 Å². The lowest BCUT2D eigenvalue weighted by molar-refractivity contribution is 0.0264. The standard InChI is InChI=1S/C27H33N5O2/c1-30(26(33)22-9-7-21(8-10-22)18-31-15-3-2-4-16-31)19-27(34)12-17-32(20-27)24-11-14-28-23-6-5-13-29-25(23)24/h5-11,13-14,34H,2-4,12,15-20H2,1H3/t27-/m1/s1. The molecule has 4 heterocycles. The molecular formula is C27H33N5O2. The first-order valence-electron chi connectivity index (χ1n) is 12.2. The second kappa shape index (κ2) is 9.68. The van der Waals surface area contributed by atoms with Crippen LogP contribution in [0.2, 0.25) is 0 Å². The molecule has 5 rings (SSSR count). The zero-order valence-corrected chi connectivity index (χ0v) is 19.9. The summed E-state index contributed by atoms with van der Waals surface area (Å²) in [5.74, 6) is -0.0626. The number of nitrogens with zero attached hydrogens (tertiary/aromatic N) is 5. The summed E-state index contributed by atoms with van der Waals surface area (Å²) in [6.07, 6.45) is 8.01. The molecule has 1 atom stereocenters. The van der Waals surface area contributed by atoms with Gasteiger partial charge in [0.25, 0.3) is 5.91 Å². The van der Waals surface area contributed by atoms with Crippen molar-refractivity contribution in [2.24, 2.45) is 0 Å². The number of hydrogen-bond acceptors (Lipinski definition) is 6. The van der Waals surface area contributed by atoms with E-state index in [-0.39, 0.29) is 12.5 Å². The van der Waals surface area contributed by atoms with Crippen LogP contribution in [0.5, 0.6) is 0 Å². The van der Waals surface area contributed by atoms with E-state index in [0.717, 1.165) is 36.4 Å². The summed E-state index contributed by atoms with van der Waals surface area (Å²) in [6, 6.07) is 13.7. The van der Waals surface area contributed by atoms with Gasteiger partial charge in [-0.05, 0) is 68.2 Å². The molecule has 1 amide bonds. The maximum Gasteiger partial charge on any atom is 0.253 e. The molecule has 0 radical (unpaired) electrons. The van der Waals surface area contributed by atoms with Crippen molar-refractivity contribution in [2.45, 2.75) is 37.8 Å². The highest BCUT2D eigenvalue weighted by Crippen LogP contribution is 2.31. The molecule has 0 spiro atoms. The second-order valence-corrected chi connectivity index (χ2v) is 9.79. The summed E-state index contributed by atoms with van der Waals surface area (Å²) in [7, 11) is 1.77. The Morgan fingerprint density at radius 3 is 2.62 bits per heavy atom. The van der Waals surface area contributed by atoms with Gasteiger partial charge in [0.05, 0.1) is 17.7 Å². The largest absolute Gasteiger partial charge is 0.386 e. The summed E-state index contributed by atoms with van der Waals surface area (Å²) in [6.45, 7) is 4.70. The number of likely N-dealkylation sites (tertiary alicyclic amines) is 1. The van der Waals surface area contributed by atoms with Crippen molar-refractivity contribution in [1.29, 1.82) is 0 Å². The fourth-order valence-corrected chi connectivity index (χ4v) is 5.27.